The molecular weight excluding hydrogens is 961 g/mol. The molecule has 8 rings (SSSR count). The van der Waals surface area contributed by atoms with Crippen LogP contribution in [0.3, 0.4) is 0 Å². The molecule has 0 spiro atoms. The molecule has 77 heavy (non-hydrogen) atoms. The van der Waals surface area contributed by atoms with E-state index >= 15 is 0 Å². The minimum Gasteiger partial charge on any atom is -0.507 e. The number of hydrogen-bond donors (Lipinski definition) is 4. The molecule has 2 aliphatic rings. The van der Waals surface area contributed by atoms with Crippen LogP contribution in [0, 0.1) is 55.4 Å². The van der Waals surface area contributed by atoms with Crippen molar-refractivity contribution in [2.75, 3.05) is 33.1 Å². The van der Waals surface area contributed by atoms with Gasteiger partial charge in [-0.2, -0.15) is 0 Å². The lowest BCUT2D eigenvalue weighted by Gasteiger charge is -2.43. The minimum absolute atomic E-state index is 0.00795. The van der Waals surface area contributed by atoms with Gasteiger partial charge in [-0.1, -0.05) is 134 Å². The minimum atomic E-state index is -0.758. The number of aliphatic hydroxyl groups excluding tert-OH is 2. The molecule has 0 aliphatic carbocycles. The Morgan fingerprint density at radius 3 is 1.18 bits per heavy atom. The second kappa shape index (κ2) is 25.5. The Hall–Kier alpha value is -6.96. The monoisotopic (exact) mass is 1040 g/mol. The lowest BCUT2D eigenvalue weighted by Crippen LogP contribution is -2.50. The van der Waals surface area contributed by atoms with Crippen molar-refractivity contribution in [1.29, 1.82) is 0 Å². The van der Waals surface area contributed by atoms with Crippen molar-refractivity contribution in [3.05, 3.63) is 198 Å². The van der Waals surface area contributed by atoms with E-state index in [1.54, 1.807) is 12.1 Å². The second-order valence-corrected chi connectivity index (χ2v) is 21.2. The van der Waals surface area contributed by atoms with Gasteiger partial charge in [-0.15, -0.1) is 0 Å². The number of amidine groups is 4. The number of unbranched alkanes of at least 4 members (excludes halogenated alkanes) is 2. The highest BCUT2D eigenvalue weighted by molar-refractivity contribution is 6.16. The summed E-state index contributed by atoms with van der Waals surface area (Å²) in [5, 5.41) is 46.8. The molecular formula is C65H78N6O6. The van der Waals surface area contributed by atoms with Crippen molar-refractivity contribution in [2.24, 2.45) is 20.0 Å². The van der Waals surface area contributed by atoms with Crippen molar-refractivity contribution >= 4 is 23.3 Å². The van der Waals surface area contributed by atoms with Gasteiger partial charge in [0.1, 0.15) is 23.2 Å². The molecule has 2 heterocycles. The molecule has 0 amide bonds. The fourth-order valence-corrected chi connectivity index (χ4v) is 10.3. The molecule has 2 aliphatic heterocycles. The van der Waals surface area contributed by atoms with Crippen LogP contribution in [0.15, 0.2) is 129 Å². The van der Waals surface area contributed by atoms with Crippen LogP contribution in [0.2, 0.25) is 0 Å². The number of nitrogens with zero attached hydrogens (tertiary/aromatic N) is 6. The van der Waals surface area contributed by atoms with Crippen LogP contribution in [0.25, 0.3) is 0 Å². The molecule has 0 saturated carbocycles. The molecule has 0 saturated heterocycles. The number of aromatic hydroxyl groups is 2. The maximum atomic E-state index is 12.4. The summed E-state index contributed by atoms with van der Waals surface area (Å²) in [5.41, 5.74) is 14.6. The van der Waals surface area contributed by atoms with E-state index < -0.39 is 24.5 Å². The highest BCUT2D eigenvalue weighted by Crippen LogP contribution is 2.40. The van der Waals surface area contributed by atoms with E-state index in [-0.39, 0.29) is 44.2 Å². The van der Waals surface area contributed by atoms with Crippen LogP contribution in [0.5, 0.6) is 11.5 Å². The van der Waals surface area contributed by atoms with Crippen LogP contribution < -0.4 is 0 Å². The Morgan fingerprint density at radius 1 is 0.468 bits per heavy atom. The molecule has 4 unspecified atom stereocenters. The molecule has 0 aromatic heterocycles. The number of rotatable bonds is 22. The van der Waals surface area contributed by atoms with Crippen molar-refractivity contribution < 1.29 is 29.9 Å². The normalized spacial score (nSPS) is 16.5. The Balaban J connectivity index is 1.33. The predicted octanol–water partition coefficient (Wildman–Crippen LogP) is 12.1. The van der Waals surface area contributed by atoms with E-state index in [0.29, 0.717) is 47.7 Å². The highest BCUT2D eigenvalue weighted by Gasteiger charge is 2.39. The van der Waals surface area contributed by atoms with E-state index in [0.717, 1.165) is 104 Å². The first-order valence-electron chi connectivity index (χ1n) is 27.3. The molecule has 0 fully saturated rings. The first-order valence-corrected chi connectivity index (χ1v) is 27.3. The number of benzene rings is 6. The molecule has 12 nitrogen and oxygen atoms in total. The fraction of sp³-hybridized carbons (Fsp3) is 0.385. The first kappa shape index (κ1) is 56.2. The van der Waals surface area contributed by atoms with Crippen LogP contribution in [-0.4, -0.2) is 98.9 Å². The molecule has 4 atom stereocenters. The summed E-state index contributed by atoms with van der Waals surface area (Å²) in [7, 11) is 0. The van der Waals surface area contributed by atoms with Gasteiger partial charge in [0.05, 0.1) is 43.2 Å². The van der Waals surface area contributed by atoms with Gasteiger partial charge in [0.25, 0.3) is 0 Å². The maximum Gasteiger partial charge on any atom is 0.159 e. The number of phenolic OH excluding ortho intramolecular Hbond substituents is 2. The van der Waals surface area contributed by atoms with Gasteiger partial charge < -0.3 is 39.7 Å². The van der Waals surface area contributed by atoms with Gasteiger partial charge in [0, 0.05) is 37.2 Å². The van der Waals surface area contributed by atoms with Gasteiger partial charge in [-0.25, -0.2) is 20.0 Å². The number of hydrogen-bond acceptors (Lipinski definition) is 12. The topological polar surface area (TPSA) is 155 Å². The third kappa shape index (κ3) is 13.6. The lowest BCUT2D eigenvalue weighted by molar-refractivity contribution is 0.0359. The summed E-state index contributed by atoms with van der Waals surface area (Å²) >= 11 is 0. The average molecular weight is 1040 g/mol. The quantitative estimate of drug-likeness (QED) is 0.0490. The lowest BCUT2D eigenvalue weighted by atomic mass is 9.98. The third-order valence-corrected chi connectivity index (χ3v) is 14.5. The number of aryl methyl sites for hydroxylation is 8. The van der Waals surface area contributed by atoms with Gasteiger partial charge >= 0.3 is 0 Å². The number of aliphatic hydroxyl groups is 2. The summed E-state index contributed by atoms with van der Waals surface area (Å²) in [6.45, 7) is 22.5. The van der Waals surface area contributed by atoms with E-state index in [1.807, 2.05) is 24.3 Å². The van der Waals surface area contributed by atoms with E-state index in [1.165, 1.54) is 0 Å². The predicted molar refractivity (Wildman–Crippen MR) is 311 cm³/mol. The number of ether oxygens (including phenoxy) is 2. The molecule has 6 aromatic rings. The maximum absolute atomic E-state index is 12.4. The first-order chi connectivity index (χ1) is 37.0. The highest BCUT2D eigenvalue weighted by atomic mass is 16.5. The van der Waals surface area contributed by atoms with Crippen molar-refractivity contribution in [3.63, 3.8) is 0 Å². The van der Waals surface area contributed by atoms with Crippen molar-refractivity contribution in [1.82, 2.24) is 9.80 Å². The fourth-order valence-electron chi connectivity index (χ4n) is 10.3. The van der Waals surface area contributed by atoms with Crippen LogP contribution in [-0.2, 0) is 22.3 Å². The van der Waals surface area contributed by atoms with Crippen molar-refractivity contribution in [2.45, 2.75) is 132 Å². The molecule has 0 bridgehead atoms. The zero-order valence-corrected chi connectivity index (χ0v) is 46.8. The zero-order valence-electron chi connectivity index (χ0n) is 46.8. The Bertz CT molecular complexity index is 2990. The summed E-state index contributed by atoms with van der Waals surface area (Å²) in [5.74, 6) is 1.94. The molecule has 4 N–H and O–H groups in total. The summed E-state index contributed by atoms with van der Waals surface area (Å²) in [6, 6.07) is 36.3. The van der Waals surface area contributed by atoms with Gasteiger partial charge in [0.15, 0.2) is 24.0 Å². The molecule has 404 valence electrons. The zero-order chi connectivity index (χ0) is 54.9. The third-order valence-electron chi connectivity index (χ3n) is 14.5. The van der Waals surface area contributed by atoms with E-state index in [4.69, 9.17) is 29.4 Å². The Kier molecular flexibility index (Phi) is 18.6. The number of phenols is 2. The number of aliphatic imine (C=N–C) groups is 4. The Morgan fingerprint density at radius 2 is 0.831 bits per heavy atom. The summed E-state index contributed by atoms with van der Waals surface area (Å²) < 4.78 is 11.5. The second-order valence-electron chi connectivity index (χ2n) is 21.2. The SMILES string of the molecule is CCCCOCC(O)Cc1ccc(C2=NC(c3ccc(C)cc3C)=NC(c3ccc(C)cc3C)N2CN2C(c3ccc(CC(O)COCCCC)cc3O)=NC(c3ccc(C)cc3C)=NC2c2ccc(C)cc2C)c(O)c1. The van der Waals surface area contributed by atoms with Crippen LogP contribution >= 0.6 is 0 Å². The van der Waals surface area contributed by atoms with Crippen LogP contribution in [0.4, 0.5) is 0 Å². The average Bonchev–Trinajstić information content (AvgIpc) is 3.43. The van der Waals surface area contributed by atoms with Crippen molar-refractivity contribution in [3.8, 4) is 11.5 Å². The Labute approximate surface area is 456 Å². The summed E-state index contributed by atoms with van der Waals surface area (Å²) in [6.07, 6.45) is 1.52. The van der Waals surface area contributed by atoms with E-state index in [2.05, 4.69) is 152 Å². The van der Waals surface area contributed by atoms with Gasteiger partial charge in [0.2, 0.25) is 0 Å². The molecule has 12 heteroatoms. The molecule has 0 radical (unpaired) electrons. The van der Waals surface area contributed by atoms with Gasteiger partial charge in [-0.3, -0.25) is 0 Å². The molecule has 6 aromatic carbocycles. The van der Waals surface area contributed by atoms with Crippen LogP contribution in [0.1, 0.15) is 141 Å². The largest absolute Gasteiger partial charge is 0.507 e. The van der Waals surface area contributed by atoms with Gasteiger partial charge in [-0.05, 0) is 137 Å². The standard InChI is InChI=1S/C65H78N6O6/c1-11-13-27-76-37-50(72)33-48-19-25-56(58(74)35-48)64-68-60(52-21-15-40(3)29-44(52)7)66-62(54-23-17-42(5)31-46(54)9)70(64)39-71-63(55-24-18-43(6)32-47(55)10)67-61(53-22-16-41(4)30-45(53)8)69-65(71)57-26-20-49(36-59(57)75)34-51(73)38-77-28-14-12-2/h15-26,29-32,35-36,50-51,62-63,72-75H,11-14,27-28,33-34,37-39H2,1-10H3. The summed E-state index contributed by atoms with van der Waals surface area (Å²) in [4.78, 5) is 26.3. The van der Waals surface area contributed by atoms with E-state index in [9.17, 15) is 20.4 Å². The smallest absolute Gasteiger partial charge is 0.159 e.